The number of aromatic amines is 1. The predicted octanol–water partition coefficient (Wildman–Crippen LogP) is 1.49. The minimum Gasteiger partial charge on any atom is -0.268 e. The third kappa shape index (κ3) is 1.65. The zero-order chi connectivity index (χ0) is 9.97. The van der Waals surface area contributed by atoms with E-state index in [-0.39, 0.29) is 5.56 Å². The van der Waals surface area contributed by atoms with Gasteiger partial charge in [-0.15, -0.1) is 0 Å². The van der Waals surface area contributed by atoms with Gasteiger partial charge in [-0.05, 0) is 12.1 Å². The summed E-state index contributed by atoms with van der Waals surface area (Å²) in [4.78, 5) is 14.6. The molecule has 0 aliphatic carbocycles. The number of hydrogen-bond acceptors (Lipinski definition) is 3. The molecule has 4 nitrogen and oxygen atoms in total. The Labute approximate surface area is 84.6 Å². The number of halogens is 1. The lowest BCUT2D eigenvalue weighted by Crippen LogP contribution is -2.05. The summed E-state index contributed by atoms with van der Waals surface area (Å²) in [7, 11) is 0. The molecule has 14 heavy (non-hydrogen) atoms. The number of rotatable bonds is 1. The van der Waals surface area contributed by atoms with Crippen LogP contribution < -0.4 is 5.56 Å². The SMILES string of the molecule is O=c1ccc(-c2ccncc2Cl)n[nH]1. The molecule has 0 atom stereocenters. The summed E-state index contributed by atoms with van der Waals surface area (Å²) in [5.74, 6) is 0. The molecule has 0 radical (unpaired) electrons. The summed E-state index contributed by atoms with van der Waals surface area (Å²) in [6.07, 6.45) is 3.15. The zero-order valence-corrected chi connectivity index (χ0v) is 7.82. The molecule has 0 saturated heterocycles. The Bertz CT molecular complexity index is 489. The quantitative estimate of drug-likeness (QED) is 0.771. The van der Waals surface area contributed by atoms with Crippen molar-refractivity contribution in [2.45, 2.75) is 0 Å². The van der Waals surface area contributed by atoms with Crippen LogP contribution in [0.1, 0.15) is 0 Å². The molecule has 0 saturated carbocycles. The highest BCUT2D eigenvalue weighted by molar-refractivity contribution is 6.33. The fraction of sp³-hybridized carbons (Fsp3) is 0. The largest absolute Gasteiger partial charge is 0.268 e. The van der Waals surface area contributed by atoms with Crippen LogP contribution in [0.2, 0.25) is 5.02 Å². The van der Waals surface area contributed by atoms with E-state index in [0.717, 1.165) is 5.56 Å². The fourth-order valence-corrected chi connectivity index (χ4v) is 1.29. The number of nitrogens with one attached hydrogen (secondary N) is 1. The third-order valence-corrected chi connectivity index (χ3v) is 2.03. The Morgan fingerprint density at radius 3 is 2.79 bits per heavy atom. The van der Waals surface area contributed by atoms with Crippen LogP contribution in [0.4, 0.5) is 0 Å². The van der Waals surface area contributed by atoms with Crippen molar-refractivity contribution in [1.29, 1.82) is 0 Å². The smallest absolute Gasteiger partial charge is 0.264 e. The zero-order valence-electron chi connectivity index (χ0n) is 7.07. The fourth-order valence-electron chi connectivity index (χ4n) is 1.08. The van der Waals surface area contributed by atoms with E-state index in [2.05, 4.69) is 15.2 Å². The van der Waals surface area contributed by atoms with Crippen molar-refractivity contribution in [3.05, 3.63) is 46.0 Å². The van der Waals surface area contributed by atoms with Gasteiger partial charge in [-0.1, -0.05) is 11.6 Å². The molecule has 0 unspecified atom stereocenters. The van der Waals surface area contributed by atoms with Gasteiger partial charge in [0.25, 0.3) is 5.56 Å². The number of nitrogens with zero attached hydrogens (tertiary/aromatic N) is 2. The molecule has 0 aliphatic rings. The first-order valence-electron chi connectivity index (χ1n) is 3.93. The van der Waals surface area contributed by atoms with E-state index < -0.39 is 0 Å². The topological polar surface area (TPSA) is 58.6 Å². The molecule has 0 bridgehead atoms. The summed E-state index contributed by atoms with van der Waals surface area (Å²) >= 11 is 5.90. The summed E-state index contributed by atoms with van der Waals surface area (Å²) in [5, 5.41) is 6.71. The lowest BCUT2D eigenvalue weighted by molar-refractivity contribution is 0.995. The maximum Gasteiger partial charge on any atom is 0.264 e. The monoisotopic (exact) mass is 207 g/mol. The Morgan fingerprint density at radius 1 is 1.29 bits per heavy atom. The second-order valence-corrected chi connectivity index (χ2v) is 3.07. The van der Waals surface area contributed by atoms with Gasteiger partial charge >= 0.3 is 0 Å². The molecule has 70 valence electrons. The van der Waals surface area contributed by atoms with Crippen molar-refractivity contribution in [2.75, 3.05) is 0 Å². The molecule has 0 amide bonds. The van der Waals surface area contributed by atoms with Crippen molar-refractivity contribution in [3.8, 4) is 11.3 Å². The maximum atomic E-state index is 10.8. The van der Waals surface area contributed by atoms with Gasteiger partial charge in [0.2, 0.25) is 0 Å². The molecule has 0 spiro atoms. The van der Waals surface area contributed by atoms with Gasteiger partial charge in [0, 0.05) is 24.0 Å². The van der Waals surface area contributed by atoms with Gasteiger partial charge < -0.3 is 0 Å². The van der Waals surface area contributed by atoms with Crippen LogP contribution in [-0.2, 0) is 0 Å². The van der Waals surface area contributed by atoms with Gasteiger partial charge in [-0.25, -0.2) is 5.10 Å². The van der Waals surface area contributed by atoms with Gasteiger partial charge in [-0.2, -0.15) is 5.10 Å². The number of hydrogen-bond donors (Lipinski definition) is 1. The molecule has 0 aromatic carbocycles. The summed E-state index contributed by atoms with van der Waals surface area (Å²) < 4.78 is 0. The van der Waals surface area contributed by atoms with Crippen LogP contribution in [0.3, 0.4) is 0 Å². The maximum absolute atomic E-state index is 10.8. The van der Waals surface area contributed by atoms with Crippen LogP contribution in [0.15, 0.2) is 35.4 Å². The number of H-pyrrole nitrogens is 1. The normalized spacial score (nSPS) is 10.1. The van der Waals surface area contributed by atoms with Gasteiger partial charge in [0.15, 0.2) is 0 Å². The lowest BCUT2D eigenvalue weighted by Gasteiger charge is -2.00. The number of aromatic nitrogens is 3. The van der Waals surface area contributed by atoms with Crippen LogP contribution in [-0.4, -0.2) is 15.2 Å². The van der Waals surface area contributed by atoms with Crippen molar-refractivity contribution in [3.63, 3.8) is 0 Å². The van der Waals surface area contributed by atoms with E-state index in [4.69, 9.17) is 11.6 Å². The van der Waals surface area contributed by atoms with E-state index in [9.17, 15) is 4.79 Å². The van der Waals surface area contributed by atoms with Gasteiger partial charge in [-0.3, -0.25) is 9.78 Å². The predicted molar refractivity (Wildman–Crippen MR) is 53.1 cm³/mol. The van der Waals surface area contributed by atoms with E-state index >= 15 is 0 Å². The van der Waals surface area contributed by atoms with Crippen LogP contribution in [0, 0.1) is 0 Å². The Kier molecular flexibility index (Phi) is 2.28. The summed E-state index contributed by atoms with van der Waals surface area (Å²) in [6, 6.07) is 4.75. The molecule has 2 heterocycles. The molecule has 0 fully saturated rings. The average molecular weight is 208 g/mol. The standard InChI is InChI=1S/C9H6ClN3O/c10-7-5-11-4-3-6(7)8-1-2-9(14)13-12-8/h1-5H,(H,13,14). The minimum absolute atomic E-state index is 0.237. The first-order chi connectivity index (χ1) is 6.77. The van der Waals surface area contributed by atoms with E-state index in [0.29, 0.717) is 10.7 Å². The average Bonchev–Trinajstić information content (AvgIpc) is 2.20. The Balaban J connectivity index is 2.55. The molecule has 2 aromatic heterocycles. The molecule has 0 aliphatic heterocycles. The van der Waals surface area contributed by atoms with Crippen molar-refractivity contribution in [1.82, 2.24) is 15.2 Å². The third-order valence-electron chi connectivity index (χ3n) is 1.73. The van der Waals surface area contributed by atoms with Crippen LogP contribution in [0.5, 0.6) is 0 Å². The van der Waals surface area contributed by atoms with Crippen LogP contribution in [0.25, 0.3) is 11.3 Å². The molecule has 5 heteroatoms. The van der Waals surface area contributed by atoms with E-state index in [1.807, 2.05) is 0 Å². The number of pyridine rings is 1. The molecular formula is C9H6ClN3O. The minimum atomic E-state index is -0.237. The molecular weight excluding hydrogens is 202 g/mol. The highest BCUT2D eigenvalue weighted by Gasteiger charge is 2.03. The Hall–Kier alpha value is -1.68. The highest BCUT2D eigenvalue weighted by Crippen LogP contribution is 2.23. The van der Waals surface area contributed by atoms with Gasteiger partial charge in [0.1, 0.15) is 0 Å². The summed E-state index contributed by atoms with van der Waals surface area (Å²) in [5.41, 5.74) is 1.13. The van der Waals surface area contributed by atoms with E-state index in [1.54, 1.807) is 18.3 Å². The highest BCUT2D eigenvalue weighted by atomic mass is 35.5. The Morgan fingerprint density at radius 2 is 2.14 bits per heavy atom. The van der Waals surface area contributed by atoms with Crippen LogP contribution >= 0.6 is 11.6 Å². The van der Waals surface area contributed by atoms with E-state index in [1.165, 1.54) is 12.3 Å². The molecule has 2 aromatic rings. The van der Waals surface area contributed by atoms with Gasteiger partial charge in [0.05, 0.1) is 10.7 Å². The second-order valence-electron chi connectivity index (χ2n) is 2.66. The molecule has 1 N–H and O–H groups in total. The lowest BCUT2D eigenvalue weighted by atomic mass is 10.2. The van der Waals surface area contributed by atoms with Crippen molar-refractivity contribution >= 4 is 11.6 Å². The van der Waals surface area contributed by atoms with Crippen molar-refractivity contribution < 1.29 is 0 Å². The second kappa shape index (κ2) is 3.59. The van der Waals surface area contributed by atoms with Crippen molar-refractivity contribution in [2.24, 2.45) is 0 Å². The first-order valence-corrected chi connectivity index (χ1v) is 4.31. The molecule has 2 rings (SSSR count). The summed E-state index contributed by atoms with van der Waals surface area (Å²) in [6.45, 7) is 0. The first kappa shape index (κ1) is 8.90.